The van der Waals surface area contributed by atoms with Crippen LogP contribution >= 0.6 is 0 Å². The Kier molecular flexibility index (Phi) is 5.24. The maximum atomic E-state index is 11.8. The summed E-state index contributed by atoms with van der Waals surface area (Å²) in [4.78, 5) is 11.8. The van der Waals surface area contributed by atoms with E-state index in [2.05, 4.69) is 10.6 Å². The first kappa shape index (κ1) is 14.2. The number of nitrogens with zero attached hydrogens (tertiary/aromatic N) is 1. The Morgan fingerprint density at radius 3 is 2.60 bits per heavy atom. The van der Waals surface area contributed by atoms with Crippen molar-refractivity contribution in [2.75, 3.05) is 11.9 Å². The van der Waals surface area contributed by atoms with Crippen LogP contribution in [0, 0.1) is 11.3 Å². The third-order valence-corrected chi connectivity index (χ3v) is 3.36. The van der Waals surface area contributed by atoms with Crippen LogP contribution in [-0.4, -0.2) is 18.7 Å². The summed E-state index contributed by atoms with van der Waals surface area (Å²) in [6.45, 7) is 0.0228. The zero-order valence-corrected chi connectivity index (χ0v) is 11.4. The third-order valence-electron chi connectivity index (χ3n) is 3.36. The van der Waals surface area contributed by atoms with E-state index in [0.29, 0.717) is 17.5 Å². The molecule has 20 heavy (non-hydrogen) atoms. The van der Waals surface area contributed by atoms with Crippen molar-refractivity contribution in [3.63, 3.8) is 0 Å². The first-order valence-electron chi connectivity index (χ1n) is 6.95. The van der Waals surface area contributed by atoms with Gasteiger partial charge in [-0.1, -0.05) is 19.3 Å². The fraction of sp³-hybridized carbons (Fsp3) is 0.467. The van der Waals surface area contributed by atoms with Crippen LogP contribution in [0.3, 0.4) is 0 Å². The quantitative estimate of drug-likeness (QED) is 0.885. The lowest BCUT2D eigenvalue weighted by Gasteiger charge is -2.22. The molecule has 0 heterocycles. The SMILES string of the molecule is N#CCOc1ccc(NC(=O)NC2CCCCC2)cc1. The van der Waals surface area contributed by atoms with Crippen molar-refractivity contribution >= 4 is 11.7 Å². The van der Waals surface area contributed by atoms with Crippen LogP contribution in [0.1, 0.15) is 32.1 Å². The number of anilines is 1. The number of nitriles is 1. The zero-order chi connectivity index (χ0) is 14.2. The molecule has 1 saturated carbocycles. The Labute approximate surface area is 118 Å². The molecule has 0 bridgehead atoms. The van der Waals surface area contributed by atoms with Gasteiger partial charge in [0.1, 0.15) is 11.8 Å². The van der Waals surface area contributed by atoms with E-state index in [1.807, 2.05) is 6.07 Å². The molecule has 0 aromatic heterocycles. The molecular weight excluding hydrogens is 254 g/mol. The van der Waals surface area contributed by atoms with Gasteiger partial charge < -0.3 is 15.4 Å². The lowest BCUT2D eigenvalue weighted by Crippen LogP contribution is -2.38. The second-order valence-corrected chi connectivity index (χ2v) is 4.90. The van der Waals surface area contributed by atoms with Crippen molar-refractivity contribution in [3.05, 3.63) is 24.3 Å². The molecule has 0 spiro atoms. The Morgan fingerprint density at radius 2 is 1.95 bits per heavy atom. The van der Waals surface area contributed by atoms with Gasteiger partial charge in [-0.3, -0.25) is 0 Å². The third kappa shape index (κ3) is 4.47. The minimum atomic E-state index is -0.164. The molecule has 1 aliphatic rings. The fourth-order valence-electron chi connectivity index (χ4n) is 2.35. The van der Waals surface area contributed by atoms with Gasteiger partial charge in [-0.25, -0.2) is 4.79 Å². The van der Waals surface area contributed by atoms with Crippen molar-refractivity contribution in [1.29, 1.82) is 5.26 Å². The van der Waals surface area contributed by atoms with Gasteiger partial charge in [0.25, 0.3) is 0 Å². The van der Waals surface area contributed by atoms with E-state index in [1.165, 1.54) is 19.3 Å². The molecule has 1 fully saturated rings. The Balaban J connectivity index is 1.80. The number of carbonyl (C=O) groups is 1. The van der Waals surface area contributed by atoms with Crippen LogP contribution in [0.15, 0.2) is 24.3 Å². The fourth-order valence-corrected chi connectivity index (χ4v) is 2.35. The summed E-state index contributed by atoms with van der Waals surface area (Å²) in [5, 5.41) is 14.2. The molecule has 0 aliphatic heterocycles. The predicted molar refractivity (Wildman–Crippen MR) is 76.6 cm³/mol. The molecular formula is C15H19N3O2. The van der Waals surface area contributed by atoms with Crippen LogP contribution in [-0.2, 0) is 0 Å². The monoisotopic (exact) mass is 273 g/mol. The number of nitrogens with one attached hydrogen (secondary N) is 2. The standard InChI is InChI=1S/C15H19N3O2/c16-10-11-20-14-8-6-13(7-9-14)18-15(19)17-12-4-2-1-3-5-12/h6-9,12H,1-5,11H2,(H2,17,18,19). The van der Waals surface area contributed by atoms with Gasteiger partial charge >= 0.3 is 6.03 Å². The maximum absolute atomic E-state index is 11.8. The van der Waals surface area contributed by atoms with Gasteiger partial charge in [0.05, 0.1) is 0 Å². The molecule has 0 atom stereocenters. The molecule has 0 unspecified atom stereocenters. The Bertz CT molecular complexity index is 473. The van der Waals surface area contributed by atoms with Gasteiger partial charge in [-0.2, -0.15) is 5.26 Å². The molecule has 1 aromatic rings. The molecule has 1 aliphatic carbocycles. The van der Waals surface area contributed by atoms with Gasteiger partial charge in [-0.05, 0) is 37.1 Å². The van der Waals surface area contributed by atoms with Crippen LogP contribution in [0.2, 0.25) is 0 Å². The molecule has 5 nitrogen and oxygen atoms in total. The maximum Gasteiger partial charge on any atom is 0.319 e. The number of rotatable bonds is 4. The topological polar surface area (TPSA) is 74.1 Å². The molecule has 0 saturated heterocycles. The lowest BCUT2D eigenvalue weighted by molar-refractivity contribution is 0.244. The molecule has 1 aromatic carbocycles. The summed E-state index contributed by atoms with van der Waals surface area (Å²) in [5.41, 5.74) is 0.711. The summed E-state index contributed by atoms with van der Waals surface area (Å²) in [5.74, 6) is 0.616. The van der Waals surface area contributed by atoms with E-state index in [9.17, 15) is 4.79 Å². The first-order chi connectivity index (χ1) is 9.78. The molecule has 2 amide bonds. The highest BCUT2D eigenvalue weighted by atomic mass is 16.5. The minimum Gasteiger partial charge on any atom is -0.479 e. The van der Waals surface area contributed by atoms with Crippen LogP contribution in [0.25, 0.3) is 0 Å². The molecule has 2 N–H and O–H groups in total. The number of hydrogen-bond donors (Lipinski definition) is 2. The molecule has 5 heteroatoms. The van der Waals surface area contributed by atoms with Crippen molar-refractivity contribution in [2.24, 2.45) is 0 Å². The van der Waals surface area contributed by atoms with Crippen molar-refractivity contribution in [3.8, 4) is 11.8 Å². The van der Waals surface area contributed by atoms with E-state index < -0.39 is 0 Å². The normalized spacial score (nSPS) is 15.2. The summed E-state index contributed by atoms with van der Waals surface area (Å²) in [6, 6.07) is 9.01. The average Bonchev–Trinajstić information content (AvgIpc) is 2.47. The highest BCUT2D eigenvalue weighted by Crippen LogP contribution is 2.18. The smallest absolute Gasteiger partial charge is 0.319 e. The number of urea groups is 1. The molecule has 0 radical (unpaired) electrons. The van der Waals surface area contributed by atoms with E-state index in [1.54, 1.807) is 24.3 Å². The minimum absolute atomic E-state index is 0.0228. The van der Waals surface area contributed by atoms with Crippen molar-refractivity contribution in [1.82, 2.24) is 5.32 Å². The number of carbonyl (C=O) groups excluding carboxylic acids is 1. The highest BCUT2D eigenvalue weighted by Gasteiger charge is 2.15. The zero-order valence-electron chi connectivity index (χ0n) is 11.4. The number of hydrogen-bond acceptors (Lipinski definition) is 3. The Hall–Kier alpha value is -2.22. The molecule has 106 valence electrons. The lowest BCUT2D eigenvalue weighted by atomic mass is 9.96. The van der Waals surface area contributed by atoms with Crippen molar-refractivity contribution < 1.29 is 9.53 Å². The average molecular weight is 273 g/mol. The van der Waals surface area contributed by atoms with Gasteiger partial charge in [-0.15, -0.1) is 0 Å². The van der Waals surface area contributed by atoms with Gasteiger partial charge in [0, 0.05) is 11.7 Å². The molecule has 2 rings (SSSR count). The second kappa shape index (κ2) is 7.39. The van der Waals surface area contributed by atoms with Crippen molar-refractivity contribution in [2.45, 2.75) is 38.1 Å². The number of ether oxygens (including phenoxy) is 1. The first-order valence-corrected chi connectivity index (χ1v) is 6.95. The van der Waals surface area contributed by atoms with Crippen LogP contribution in [0.4, 0.5) is 10.5 Å². The largest absolute Gasteiger partial charge is 0.479 e. The summed E-state index contributed by atoms with van der Waals surface area (Å²) in [6.07, 6.45) is 5.78. The van der Waals surface area contributed by atoms with E-state index >= 15 is 0 Å². The second-order valence-electron chi connectivity index (χ2n) is 4.90. The van der Waals surface area contributed by atoms with Gasteiger partial charge in [0.2, 0.25) is 0 Å². The van der Waals surface area contributed by atoms with E-state index in [0.717, 1.165) is 12.8 Å². The van der Waals surface area contributed by atoms with E-state index in [4.69, 9.17) is 10.00 Å². The predicted octanol–water partition coefficient (Wildman–Crippen LogP) is 3.04. The van der Waals surface area contributed by atoms with Crippen LogP contribution in [0.5, 0.6) is 5.75 Å². The summed E-state index contributed by atoms with van der Waals surface area (Å²) >= 11 is 0. The Morgan fingerprint density at radius 1 is 1.25 bits per heavy atom. The summed E-state index contributed by atoms with van der Waals surface area (Å²) < 4.78 is 5.15. The number of amides is 2. The van der Waals surface area contributed by atoms with Crippen LogP contribution < -0.4 is 15.4 Å². The van der Waals surface area contributed by atoms with Gasteiger partial charge in [0.15, 0.2) is 6.61 Å². The summed E-state index contributed by atoms with van der Waals surface area (Å²) in [7, 11) is 0. The number of benzene rings is 1. The highest BCUT2D eigenvalue weighted by molar-refractivity contribution is 5.89. The van der Waals surface area contributed by atoms with E-state index in [-0.39, 0.29) is 12.6 Å².